The summed E-state index contributed by atoms with van der Waals surface area (Å²) in [6, 6.07) is 8.21. The second kappa shape index (κ2) is 6.15. The summed E-state index contributed by atoms with van der Waals surface area (Å²) in [4.78, 5) is 12.0. The fourth-order valence-corrected chi connectivity index (χ4v) is 3.02. The van der Waals surface area contributed by atoms with Crippen LogP contribution in [0.4, 0.5) is 10.1 Å². The van der Waals surface area contributed by atoms with Crippen LogP contribution in [0, 0.1) is 12.7 Å². The third-order valence-electron chi connectivity index (χ3n) is 2.93. The van der Waals surface area contributed by atoms with Gasteiger partial charge < -0.3 is 5.32 Å². The largest absolute Gasteiger partial charge is 0.322 e. The van der Waals surface area contributed by atoms with Crippen molar-refractivity contribution >= 4 is 37.5 Å². The minimum Gasteiger partial charge on any atom is -0.322 e. The number of hydrogen-bond donors (Lipinski definition) is 2. The molecule has 0 fully saturated rings. The molecule has 2 rings (SSSR count). The molecular weight excluding hydrogens is 375 g/mol. The van der Waals surface area contributed by atoms with Crippen LogP contribution in [0.15, 0.2) is 45.8 Å². The van der Waals surface area contributed by atoms with Crippen molar-refractivity contribution < 1.29 is 17.6 Å². The molecule has 5 nitrogen and oxygen atoms in total. The van der Waals surface area contributed by atoms with Crippen LogP contribution in [0.5, 0.6) is 0 Å². The molecule has 0 bridgehead atoms. The van der Waals surface area contributed by atoms with E-state index in [2.05, 4.69) is 21.2 Å². The maximum Gasteiger partial charge on any atom is 0.258 e. The van der Waals surface area contributed by atoms with E-state index in [1.807, 2.05) is 0 Å². The molecule has 0 unspecified atom stereocenters. The van der Waals surface area contributed by atoms with E-state index in [4.69, 9.17) is 5.14 Å². The first-order chi connectivity index (χ1) is 10.2. The predicted molar refractivity (Wildman–Crippen MR) is 84.6 cm³/mol. The monoisotopic (exact) mass is 386 g/mol. The highest BCUT2D eigenvalue weighted by Gasteiger charge is 2.15. The molecule has 1 amide bonds. The normalized spacial score (nSPS) is 11.3. The quantitative estimate of drug-likeness (QED) is 0.849. The van der Waals surface area contributed by atoms with Gasteiger partial charge in [0.1, 0.15) is 5.82 Å². The topological polar surface area (TPSA) is 89.3 Å². The Hall–Kier alpha value is -1.77. The van der Waals surface area contributed by atoms with Crippen molar-refractivity contribution in [3.8, 4) is 0 Å². The van der Waals surface area contributed by atoms with E-state index in [0.29, 0.717) is 10.0 Å². The number of hydrogen-bond acceptors (Lipinski definition) is 3. The SMILES string of the molecule is Cc1ccc(NC(=O)c2cc(Br)ccc2F)cc1S(N)(=O)=O. The highest BCUT2D eigenvalue weighted by Crippen LogP contribution is 2.21. The fourth-order valence-electron chi connectivity index (χ4n) is 1.85. The predicted octanol–water partition coefficient (Wildman–Crippen LogP) is 2.80. The maximum atomic E-state index is 13.7. The summed E-state index contributed by atoms with van der Waals surface area (Å²) >= 11 is 3.15. The molecule has 22 heavy (non-hydrogen) atoms. The first-order valence-electron chi connectivity index (χ1n) is 6.08. The third-order valence-corrected chi connectivity index (χ3v) is 4.47. The number of nitrogens with two attached hydrogens (primary N) is 1. The van der Waals surface area contributed by atoms with Gasteiger partial charge in [0.25, 0.3) is 5.91 Å². The summed E-state index contributed by atoms with van der Waals surface area (Å²) in [6.45, 7) is 1.58. The molecule has 0 atom stereocenters. The van der Waals surface area contributed by atoms with E-state index in [0.717, 1.165) is 6.07 Å². The molecular formula is C14H12BrFN2O3S. The number of primary sulfonamides is 1. The van der Waals surface area contributed by atoms with Crippen LogP contribution in [0.25, 0.3) is 0 Å². The molecule has 2 aromatic carbocycles. The number of benzene rings is 2. The Morgan fingerprint density at radius 1 is 1.23 bits per heavy atom. The first-order valence-corrected chi connectivity index (χ1v) is 8.42. The average molecular weight is 387 g/mol. The van der Waals surface area contributed by atoms with Crippen LogP contribution >= 0.6 is 15.9 Å². The van der Waals surface area contributed by atoms with Gasteiger partial charge in [-0.05, 0) is 42.8 Å². The van der Waals surface area contributed by atoms with E-state index in [1.54, 1.807) is 6.92 Å². The number of amides is 1. The molecule has 2 aromatic rings. The van der Waals surface area contributed by atoms with Crippen LogP contribution in [-0.2, 0) is 10.0 Å². The van der Waals surface area contributed by atoms with Gasteiger partial charge in [0.2, 0.25) is 10.0 Å². The van der Waals surface area contributed by atoms with Crippen molar-refractivity contribution in [1.82, 2.24) is 0 Å². The average Bonchev–Trinajstić information content (AvgIpc) is 2.42. The van der Waals surface area contributed by atoms with E-state index >= 15 is 0 Å². The van der Waals surface area contributed by atoms with Gasteiger partial charge in [0, 0.05) is 10.2 Å². The zero-order chi connectivity index (χ0) is 16.5. The number of carbonyl (C=O) groups is 1. The van der Waals surface area contributed by atoms with Gasteiger partial charge >= 0.3 is 0 Å². The van der Waals surface area contributed by atoms with Crippen LogP contribution in [0.3, 0.4) is 0 Å². The number of rotatable bonds is 3. The highest BCUT2D eigenvalue weighted by molar-refractivity contribution is 9.10. The summed E-state index contributed by atoms with van der Waals surface area (Å²) in [5, 5.41) is 7.55. The number of carbonyl (C=O) groups excluding carboxylic acids is 1. The number of aryl methyl sites for hydroxylation is 1. The van der Waals surface area contributed by atoms with Crippen molar-refractivity contribution in [3.05, 3.63) is 57.8 Å². The Kier molecular flexibility index (Phi) is 4.64. The zero-order valence-electron chi connectivity index (χ0n) is 11.4. The van der Waals surface area contributed by atoms with Crippen molar-refractivity contribution in [2.75, 3.05) is 5.32 Å². The minimum atomic E-state index is -3.90. The Balaban J connectivity index is 2.35. The zero-order valence-corrected chi connectivity index (χ0v) is 13.8. The Bertz CT molecular complexity index is 853. The summed E-state index contributed by atoms with van der Waals surface area (Å²) in [5.41, 5.74) is 0.500. The molecule has 8 heteroatoms. The number of halogens is 2. The first kappa shape index (κ1) is 16.6. The van der Waals surface area contributed by atoms with E-state index in [1.165, 1.54) is 30.3 Å². The van der Waals surface area contributed by atoms with E-state index in [9.17, 15) is 17.6 Å². The Morgan fingerprint density at radius 3 is 2.55 bits per heavy atom. The Labute approximate surface area is 135 Å². The van der Waals surface area contributed by atoms with Gasteiger partial charge in [0.15, 0.2) is 0 Å². The van der Waals surface area contributed by atoms with Gasteiger partial charge in [-0.25, -0.2) is 17.9 Å². The molecule has 0 heterocycles. The van der Waals surface area contributed by atoms with Gasteiger partial charge in [-0.2, -0.15) is 0 Å². The molecule has 0 aliphatic rings. The van der Waals surface area contributed by atoms with E-state index in [-0.39, 0.29) is 16.1 Å². The van der Waals surface area contributed by atoms with Gasteiger partial charge in [0.05, 0.1) is 10.5 Å². The smallest absolute Gasteiger partial charge is 0.258 e. The molecule has 0 saturated heterocycles. The van der Waals surface area contributed by atoms with Crippen molar-refractivity contribution in [2.24, 2.45) is 5.14 Å². The summed E-state index contributed by atoms with van der Waals surface area (Å²) < 4.78 is 37.1. The molecule has 0 aromatic heterocycles. The van der Waals surface area contributed by atoms with Crippen molar-refractivity contribution in [1.29, 1.82) is 0 Å². The molecule has 0 radical (unpaired) electrons. The minimum absolute atomic E-state index is 0.0972. The molecule has 116 valence electrons. The second-order valence-electron chi connectivity index (χ2n) is 4.60. The third kappa shape index (κ3) is 3.70. The van der Waals surface area contributed by atoms with Crippen LogP contribution in [0.2, 0.25) is 0 Å². The fraction of sp³-hybridized carbons (Fsp3) is 0.0714. The maximum absolute atomic E-state index is 13.7. The lowest BCUT2D eigenvalue weighted by atomic mass is 10.2. The lowest BCUT2D eigenvalue weighted by Crippen LogP contribution is -2.16. The Morgan fingerprint density at radius 2 is 1.91 bits per heavy atom. The molecule has 0 aliphatic heterocycles. The van der Waals surface area contributed by atoms with Crippen molar-refractivity contribution in [2.45, 2.75) is 11.8 Å². The lowest BCUT2D eigenvalue weighted by Gasteiger charge is -2.09. The van der Waals surface area contributed by atoms with E-state index < -0.39 is 21.7 Å². The van der Waals surface area contributed by atoms with Gasteiger partial charge in [-0.15, -0.1) is 0 Å². The summed E-state index contributed by atoms with van der Waals surface area (Å²) in [7, 11) is -3.90. The van der Waals surface area contributed by atoms with Crippen molar-refractivity contribution in [3.63, 3.8) is 0 Å². The second-order valence-corrected chi connectivity index (χ2v) is 7.05. The lowest BCUT2D eigenvalue weighted by molar-refractivity contribution is 0.102. The van der Waals surface area contributed by atoms with Crippen LogP contribution in [0.1, 0.15) is 15.9 Å². The molecule has 0 saturated carbocycles. The van der Waals surface area contributed by atoms with Crippen LogP contribution in [-0.4, -0.2) is 14.3 Å². The van der Waals surface area contributed by atoms with Gasteiger partial charge in [-0.3, -0.25) is 4.79 Å². The van der Waals surface area contributed by atoms with Crippen LogP contribution < -0.4 is 10.5 Å². The summed E-state index contributed by atoms with van der Waals surface area (Å²) in [6.07, 6.45) is 0. The number of nitrogens with one attached hydrogen (secondary N) is 1. The number of sulfonamides is 1. The molecule has 0 aliphatic carbocycles. The molecule has 3 N–H and O–H groups in total. The number of anilines is 1. The van der Waals surface area contributed by atoms with Gasteiger partial charge in [-0.1, -0.05) is 22.0 Å². The standard InChI is InChI=1S/C14H12BrFN2O3S/c1-8-2-4-10(7-13(8)22(17,20)21)18-14(19)11-6-9(15)3-5-12(11)16/h2-7H,1H3,(H,18,19)(H2,17,20,21). The molecule has 0 spiro atoms. The summed E-state index contributed by atoms with van der Waals surface area (Å²) in [5.74, 6) is -1.37. The highest BCUT2D eigenvalue weighted by atomic mass is 79.9.